The lowest BCUT2D eigenvalue weighted by atomic mass is 9.91. The molecule has 1 aliphatic rings. The number of piperidine rings is 1. The zero-order valence-electron chi connectivity index (χ0n) is 10.4. The van der Waals surface area contributed by atoms with Gasteiger partial charge in [0.1, 0.15) is 5.78 Å². The largest absolute Gasteiger partial charge is 0.312 e. The Labute approximate surface area is 112 Å². The van der Waals surface area contributed by atoms with Crippen molar-refractivity contribution in [2.45, 2.75) is 26.2 Å². The predicted octanol–water partition coefficient (Wildman–Crippen LogP) is 3.06. The highest BCUT2D eigenvalue weighted by atomic mass is 35.5. The normalized spacial score (nSPS) is 20.0. The number of amides is 1. The van der Waals surface area contributed by atoms with Crippen LogP contribution >= 0.6 is 11.6 Å². The van der Waals surface area contributed by atoms with Crippen molar-refractivity contribution in [3.05, 3.63) is 29.3 Å². The Hall–Kier alpha value is -1.35. The van der Waals surface area contributed by atoms with Gasteiger partial charge in [0.25, 0.3) is 0 Å². The number of hydrogen-bond donors (Lipinski definition) is 0. The highest BCUT2D eigenvalue weighted by Gasteiger charge is 2.33. The van der Waals surface area contributed by atoms with Crippen LogP contribution in [0.5, 0.6) is 0 Å². The van der Waals surface area contributed by atoms with E-state index in [-0.39, 0.29) is 11.7 Å². The molecule has 0 saturated carbocycles. The molecule has 18 heavy (non-hydrogen) atoms. The molecule has 1 aliphatic heterocycles. The first-order chi connectivity index (χ1) is 8.63. The molecule has 96 valence electrons. The van der Waals surface area contributed by atoms with Crippen molar-refractivity contribution in [1.29, 1.82) is 0 Å². The Balaban J connectivity index is 2.23. The molecule has 0 N–H and O–H groups in total. The summed E-state index contributed by atoms with van der Waals surface area (Å²) in [5, 5.41) is 0.601. The first-order valence-electron chi connectivity index (χ1n) is 6.23. The van der Waals surface area contributed by atoms with Crippen molar-refractivity contribution in [3.63, 3.8) is 0 Å². The van der Waals surface area contributed by atoms with Crippen molar-refractivity contribution >= 4 is 29.0 Å². The highest BCUT2D eigenvalue weighted by molar-refractivity contribution is 6.31. The lowest BCUT2D eigenvalue weighted by Gasteiger charge is -2.31. The molecule has 1 fully saturated rings. The monoisotopic (exact) mass is 265 g/mol. The van der Waals surface area contributed by atoms with Crippen molar-refractivity contribution < 1.29 is 9.59 Å². The summed E-state index contributed by atoms with van der Waals surface area (Å²) in [6, 6.07) is 7.20. The molecule has 0 aliphatic carbocycles. The molecule has 1 aromatic rings. The molecule has 0 bridgehead atoms. The van der Waals surface area contributed by atoms with E-state index >= 15 is 0 Å². The van der Waals surface area contributed by atoms with Crippen LogP contribution in [-0.4, -0.2) is 18.2 Å². The Bertz CT molecular complexity index is 473. The second-order valence-electron chi connectivity index (χ2n) is 4.48. The van der Waals surface area contributed by atoms with Crippen LogP contribution in [0, 0.1) is 5.92 Å². The zero-order valence-corrected chi connectivity index (χ0v) is 11.1. The summed E-state index contributed by atoms with van der Waals surface area (Å²) < 4.78 is 0. The molecule has 1 unspecified atom stereocenters. The van der Waals surface area contributed by atoms with Crippen LogP contribution in [0.1, 0.15) is 26.2 Å². The van der Waals surface area contributed by atoms with Gasteiger partial charge in [0.15, 0.2) is 0 Å². The van der Waals surface area contributed by atoms with E-state index < -0.39 is 5.92 Å². The number of hydrogen-bond acceptors (Lipinski definition) is 2. The maximum atomic E-state index is 12.3. The first kappa shape index (κ1) is 13.1. The van der Waals surface area contributed by atoms with Gasteiger partial charge in [-0.2, -0.15) is 0 Å². The maximum absolute atomic E-state index is 12.3. The average Bonchev–Trinajstić information content (AvgIpc) is 2.38. The molecule has 4 heteroatoms. The molecule has 1 saturated heterocycles. The van der Waals surface area contributed by atoms with Gasteiger partial charge < -0.3 is 4.90 Å². The molecule has 0 spiro atoms. The Kier molecular flexibility index (Phi) is 4.02. The Morgan fingerprint density at radius 2 is 2.28 bits per heavy atom. The van der Waals surface area contributed by atoms with E-state index in [0.29, 0.717) is 24.4 Å². The average molecular weight is 266 g/mol. The summed E-state index contributed by atoms with van der Waals surface area (Å²) in [5.74, 6) is -0.523. The minimum atomic E-state index is -0.470. The third-order valence-corrected chi connectivity index (χ3v) is 3.53. The van der Waals surface area contributed by atoms with Gasteiger partial charge in [-0.15, -0.1) is 0 Å². The van der Waals surface area contributed by atoms with Crippen molar-refractivity contribution in [1.82, 2.24) is 0 Å². The van der Waals surface area contributed by atoms with Gasteiger partial charge >= 0.3 is 0 Å². The second-order valence-corrected chi connectivity index (χ2v) is 4.92. The smallest absolute Gasteiger partial charge is 0.237 e. The van der Waals surface area contributed by atoms with E-state index in [4.69, 9.17) is 11.6 Å². The van der Waals surface area contributed by atoms with Crippen molar-refractivity contribution in [3.8, 4) is 0 Å². The number of anilines is 1. The van der Waals surface area contributed by atoms with Gasteiger partial charge in [-0.05, 0) is 31.0 Å². The minimum absolute atomic E-state index is 0.0340. The fourth-order valence-electron chi connectivity index (χ4n) is 2.32. The molecule has 2 rings (SSSR count). The van der Waals surface area contributed by atoms with Crippen LogP contribution in [0.3, 0.4) is 0 Å². The quantitative estimate of drug-likeness (QED) is 0.788. The topological polar surface area (TPSA) is 37.4 Å². The number of carbonyl (C=O) groups excluding carboxylic acids is 2. The zero-order chi connectivity index (χ0) is 13.1. The lowest BCUT2D eigenvalue weighted by Crippen LogP contribution is -2.44. The fourth-order valence-corrected chi connectivity index (χ4v) is 2.51. The molecule has 1 atom stereocenters. The molecular formula is C14H16ClNO2. The summed E-state index contributed by atoms with van der Waals surface area (Å²) in [6.45, 7) is 2.46. The Morgan fingerprint density at radius 3 is 2.94 bits per heavy atom. The molecule has 0 radical (unpaired) electrons. The van der Waals surface area contributed by atoms with E-state index in [1.165, 1.54) is 0 Å². The number of Topliss-reactive ketones (excluding diaryl/α,β-unsaturated/α-hetero) is 1. The van der Waals surface area contributed by atoms with Gasteiger partial charge in [-0.1, -0.05) is 24.6 Å². The number of rotatable bonds is 3. The van der Waals surface area contributed by atoms with Crippen molar-refractivity contribution in [2.75, 3.05) is 11.4 Å². The molecular weight excluding hydrogens is 250 g/mol. The summed E-state index contributed by atoms with van der Waals surface area (Å²) in [7, 11) is 0. The van der Waals surface area contributed by atoms with Crippen LogP contribution < -0.4 is 4.90 Å². The number of nitrogens with zero attached hydrogens (tertiary/aromatic N) is 1. The van der Waals surface area contributed by atoms with Crippen molar-refractivity contribution in [2.24, 2.45) is 5.92 Å². The SMILES string of the molecule is CCC(=O)C1CCCN(c2cccc(Cl)c2)C1=O. The number of benzene rings is 1. The van der Waals surface area contributed by atoms with Crippen LogP contribution in [0.2, 0.25) is 5.02 Å². The summed E-state index contributed by atoms with van der Waals surface area (Å²) in [4.78, 5) is 25.7. The molecule has 1 amide bonds. The molecule has 1 heterocycles. The van der Waals surface area contributed by atoms with Crippen LogP contribution in [0.15, 0.2) is 24.3 Å². The first-order valence-corrected chi connectivity index (χ1v) is 6.61. The van der Waals surface area contributed by atoms with Gasteiger partial charge in [0.2, 0.25) is 5.91 Å². The van der Waals surface area contributed by atoms with Gasteiger partial charge in [-0.3, -0.25) is 9.59 Å². The number of halogens is 1. The third kappa shape index (κ3) is 2.56. The number of carbonyl (C=O) groups is 2. The van der Waals surface area contributed by atoms with E-state index in [2.05, 4.69) is 0 Å². The standard InChI is InChI=1S/C14H16ClNO2/c1-2-13(17)12-7-4-8-16(14(12)18)11-6-3-5-10(15)9-11/h3,5-6,9,12H,2,4,7-8H2,1H3. The van der Waals surface area contributed by atoms with Crippen LogP contribution in [0.4, 0.5) is 5.69 Å². The maximum Gasteiger partial charge on any atom is 0.237 e. The molecule has 1 aromatic carbocycles. The van der Waals surface area contributed by atoms with Crippen LogP contribution in [-0.2, 0) is 9.59 Å². The molecule has 3 nitrogen and oxygen atoms in total. The molecule has 0 aromatic heterocycles. The van der Waals surface area contributed by atoms with Gasteiger partial charge in [0, 0.05) is 23.7 Å². The summed E-state index contributed by atoms with van der Waals surface area (Å²) in [5.41, 5.74) is 0.779. The highest BCUT2D eigenvalue weighted by Crippen LogP contribution is 2.27. The lowest BCUT2D eigenvalue weighted by molar-refractivity contribution is -0.133. The van der Waals surface area contributed by atoms with E-state index in [0.717, 1.165) is 12.1 Å². The summed E-state index contributed by atoms with van der Waals surface area (Å²) in [6.07, 6.45) is 1.94. The minimum Gasteiger partial charge on any atom is -0.312 e. The van der Waals surface area contributed by atoms with Gasteiger partial charge in [-0.25, -0.2) is 0 Å². The number of ketones is 1. The van der Waals surface area contributed by atoms with E-state index in [9.17, 15) is 9.59 Å². The second kappa shape index (κ2) is 5.53. The fraction of sp³-hybridized carbons (Fsp3) is 0.429. The Morgan fingerprint density at radius 1 is 1.50 bits per heavy atom. The van der Waals surface area contributed by atoms with Gasteiger partial charge in [0.05, 0.1) is 5.92 Å². The van der Waals surface area contributed by atoms with E-state index in [1.807, 2.05) is 12.1 Å². The van der Waals surface area contributed by atoms with E-state index in [1.54, 1.807) is 24.0 Å². The summed E-state index contributed by atoms with van der Waals surface area (Å²) >= 11 is 5.93. The van der Waals surface area contributed by atoms with Crippen LogP contribution in [0.25, 0.3) is 0 Å². The third-order valence-electron chi connectivity index (χ3n) is 3.30. The predicted molar refractivity (Wildman–Crippen MR) is 71.8 cm³/mol.